The SMILES string of the molecule is O=C(NN=C1CCCC1)c1ccc2c(c1)OCO2. The Labute approximate surface area is 105 Å². The molecule has 1 amide bonds. The molecule has 0 saturated heterocycles. The molecule has 0 radical (unpaired) electrons. The van der Waals surface area contributed by atoms with E-state index in [1.807, 2.05) is 0 Å². The summed E-state index contributed by atoms with van der Waals surface area (Å²) in [5.41, 5.74) is 4.19. The van der Waals surface area contributed by atoms with Crippen molar-refractivity contribution in [3.05, 3.63) is 23.8 Å². The quantitative estimate of drug-likeness (QED) is 0.813. The number of ether oxygens (including phenoxy) is 2. The maximum atomic E-state index is 11.9. The number of amides is 1. The number of benzene rings is 1. The number of carbonyl (C=O) groups excluding carboxylic acids is 1. The van der Waals surface area contributed by atoms with Crippen molar-refractivity contribution in [1.82, 2.24) is 5.43 Å². The van der Waals surface area contributed by atoms with E-state index in [0.717, 1.165) is 18.6 Å². The summed E-state index contributed by atoms with van der Waals surface area (Å²) >= 11 is 0. The number of nitrogens with zero attached hydrogens (tertiary/aromatic N) is 1. The normalized spacial score (nSPS) is 16.8. The van der Waals surface area contributed by atoms with Gasteiger partial charge in [-0.1, -0.05) is 0 Å². The molecule has 0 spiro atoms. The molecule has 1 N–H and O–H groups in total. The van der Waals surface area contributed by atoms with E-state index in [9.17, 15) is 4.79 Å². The highest BCUT2D eigenvalue weighted by Gasteiger charge is 2.16. The lowest BCUT2D eigenvalue weighted by molar-refractivity contribution is 0.0954. The maximum Gasteiger partial charge on any atom is 0.271 e. The summed E-state index contributed by atoms with van der Waals surface area (Å²) in [5.74, 6) is 1.07. The predicted octanol–water partition coefficient (Wildman–Crippen LogP) is 2.08. The van der Waals surface area contributed by atoms with Crippen molar-refractivity contribution >= 4 is 11.6 Å². The van der Waals surface area contributed by atoms with Crippen molar-refractivity contribution in [3.8, 4) is 11.5 Å². The second-order valence-electron chi connectivity index (χ2n) is 4.39. The molecule has 18 heavy (non-hydrogen) atoms. The van der Waals surface area contributed by atoms with Crippen LogP contribution in [-0.4, -0.2) is 18.4 Å². The maximum absolute atomic E-state index is 11.9. The Bertz CT molecular complexity index is 503. The molecule has 1 fully saturated rings. The summed E-state index contributed by atoms with van der Waals surface area (Å²) in [4.78, 5) is 11.9. The van der Waals surface area contributed by atoms with Gasteiger partial charge in [-0.2, -0.15) is 5.10 Å². The Morgan fingerprint density at radius 1 is 1.17 bits per heavy atom. The lowest BCUT2D eigenvalue weighted by Crippen LogP contribution is -2.18. The van der Waals surface area contributed by atoms with E-state index in [4.69, 9.17) is 9.47 Å². The number of carbonyl (C=O) groups is 1. The molecule has 1 aromatic carbocycles. The summed E-state index contributed by atoms with van der Waals surface area (Å²) < 4.78 is 10.4. The summed E-state index contributed by atoms with van der Waals surface area (Å²) in [6, 6.07) is 5.12. The van der Waals surface area contributed by atoms with Gasteiger partial charge in [0.05, 0.1) is 0 Å². The van der Waals surface area contributed by atoms with Gasteiger partial charge in [-0.3, -0.25) is 4.79 Å². The molecule has 0 unspecified atom stereocenters. The summed E-state index contributed by atoms with van der Waals surface area (Å²) in [7, 11) is 0. The van der Waals surface area contributed by atoms with Crippen molar-refractivity contribution in [2.45, 2.75) is 25.7 Å². The molecule has 1 aromatic rings. The van der Waals surface area contributed by atoms with E-state index in [0.29, 0.717) is 17.1 Å². The van der Waals surface area contributed by atoms with Crippen LogP contribution in [0.1, 0.15) is 36.0 Å². The van der Waals surface area contributed by atoms with Crippen LogP contribution in [0.4, 0.5) is 0 Å². The van der Waals surface area contributed by atoms with Gasteiger partial charge in [0.1, 0.15) is 0 Å². The number of hydrogen-bond acceptors (Lipinski definition) is 4. The van der Waals surface area contributed by atoms with E-state index in [-0.39, 0.29) is 12.7 Å². The zero-order valence-electron chi connectivity index (χ0n) is 9.94. The highest BCUT2D eigenvalue weighted by molar-refractivity contribution is 5.96. The van der Waals surface area contributed by atoms with Gasteiger partial charge in [-0.05, 0) is 43.9 Å². The Kier molecular flexibility index (Phi) is 2.88. The first kappa shape index (κ1) is 11.1. The van der Waals surface area contributed by atoms with Gasteiger partial charge >= 0.3 is 0 Å². The lowest BCUT2D eigenvalue weighted by Gasteiger charge is -2.02. The molecule has 1 heterocycles. The first-order valence-electron chi connectivity index (χ1n) is 6.08. The highest BCUT2D eigenvalue weighted by Crippen LogP contribution is 2.32. The van der Waals surface area contributed by atoms with Crippen LogP contribution in [0.25, 0.3) is 0 Å². The molecule has 1 aliphatic carbocycles. The zero-order chi connectivity index (χ0) is 12.4. The van der Waals surface area contributed by atoms with Crippen LogP contribution in [0, 0.1) is 0 Å². The summed E-state index contributed by atoms with van der Waals surface area (Å²) in [6.45, 7) is 0.211. The minimum atomic E-state index is -0.215. The first-order chi connectivity index (χ1) is 8.83. The molecule has 0 aromatic heterocycles. The Balaban J connectivity index is 1.70. The van der Waals surface area contributed by atoms with Crippen molar-refractivity contribution in [2.75, 3.05) is 6.79 Å². The smallest absolute Gasteiger partial charge is 0.271 e. The van der Waals surface area contributed by atoms with Crippen LogP contribution in [0.15, 0.2) is 23.3 Å². The predicted molar refractivity (Wildman–Crippen MR) is 65.9 cm³/mol. The summed E-state index contributed by atoms with van der Waals surface area (Å²) in [6.07, 6.45) is 4.31. The van der Waals surface area contributed by atoms with Crippen molar-refractivity contribution in [3.63, 3.8) is 0 Å². The van der Waals surface area contributed by atoms with Crippen molar-refractivity contribution in [1.29, 1.82) is 0 Å². The second kappa shape index (κ2) is 4.68. The van der Waals surface area contributed by atoms with Gasteiger partial charge in [0.15, 0.2) is 11.5 Å². The molecule has 94 valence electrons. The van der Waals surface area contributed by atoms with Gasteiger partial charge in [0.2, 0.25) is 6.79 Å². The third kappa shape index (κ3) is 2.16. The number of rotatable bonds is 2. The van der Waals surface area contributed by atoms with Gasteiger partial charge in [0, 0.05) is 11.3 Å². The molecule has 0 atom stereocenters. The van der Waals surface area contributed by atoms with Gasteiger partial charge in [-0.15, -0.1) is 0 Å². The minimum Gasteiger partial charge on any atom is -0.454 e. The molecule has 5 nitrogen and oxygen atoms in total. The van der Waals surface area contributed by atoms with Gasteiger partial charge in [0.25, 0.3) is 5.91 Å². The number of fused-ring (bicyclic) bond motifs is 1. The van der Waals surface area contributed by atoms with Gasteiger partial charge < -0.3 is 9.47 Å². The van der Waals surface area contributed by atoms with Crippen LogP contribution in [0.3, 0.4) is 0 Å². The average molecular weight is 246 g/mol. The summed E-state index contributed by atoms with van der Waals surface area (Å²) in [5, 5.41) is 4.14. The Morgan fingerprint density at radius 2 is 1.94 bits per heavy atom. The largest absolute Gasteiger partial charge is 0.454 e. The fourth-order valence-corrected chi connectivity index (χ4v) is 2.13. The third-order valence-corrected chi connectivity index (χ3v) is 3.13. The molecular weight excluding hydrogens is 232 g/mol. The minimum absolute atomic E-state index is 0.211. The molecule has 3 rings (SSSR count). The lowest BCUT2D eigenvalue weighted by atomic mass is 10.2. The van der Waals surface area contributed by atoms with Crippen LogP contribution in [0.2, 0.25) is 0 Å². The van der Waals surface area contributed by atoms with E-state index in [1.165, 1.54) is 12.8 Å². The van der Waals surface area contributed by atoms with Crippen LogP contribution >= 0.6 is 0 Å². The second-order valence-corrected chi connectivity index (χ2v) is 4.39. The van der Waals surface area contributed by atoms with Crippen LogP contribution < -0.4 is 14.9 Å². The Hall–Kier alpha value is -2.04. The molecular formula is C13H14N2O3. The molecule has 1 saturated carbocycles. The monoisotopic (exact) mass is 246 g/mol. The number of hydrazone groups is 1. The van der Waals surface area contributed by atoms with E-state index >= 15 is 0 Å². The fraction of sp³-hybridized carbons (Fsp3) is 0.385. The van der Waals surface area contributed by atoms with E-state index < -0.39 is 0 Å². The van der Waals surface area contributed by atoms with Crippen LogP contribution in [0.5, 0.6) is 11.5 Å². The van der Waals surface area contributed by atoms with Crippen LogP contribution in [-0.2, 0) is 0 Å². The standard InChI is InChI=1S/C13H14N2O3/c16-13(15-14-10-3-1-2-4-10)9-5-6-11-12(7-9)18-8-17-11/h5-7H,1-4,8H2,(H,15,16). The van der Waals surface area contributed by atoms with E-state index in [2.05, 4.69) is 10.5 Å². The van der Waals surface area contributed by atoms with Crippen molar-refractivity contribution in [2.24, 2.45) is 5.10 Å². The first-order valence-corrected chi connectivity index (χ1v) is 6.08. The molecule has 0 bridgehead atoms. The molecule has 2 aliphatic rings. The fourth-order valence-electron chi connectivity index (χ4n) is 2.13. The Morgan fingerprint density at radius 3 is 2.78 bits per heavy atom. The third-order valence-electron chi connectivity index (χ3n) is 3.13. The number of nitrogens with one attached hydrogen (secondary N) is 1. The highest BCUT2D eigenvalue weighted by atomic mass is 16.7. The molecule has 5 heteroatoms. The average Bonchev–Trinajstić information content (AvgIpc) is 3.05. The number of hydrogen-bond donors (Lipinski definition) is 1. The van der Waals surface area contributed by atoms with Gasteiger partial charge in [-0.25, -0.2) is 5.43 Å². The van der Waals surface area contributed by atoms with Crippen molar-refractivity contribution < 1.29 is 14.3 Å². The van der Waals surface area contributed by atoms with E-state index in [1.54, 1.807) is 18.2 Å². The zero-order valence-corrected chi connectivity index (χ0v) is 9.94. The molecule has 1 aliphatic heterocycles. The topological polar surface area (TPSA) is 59.9 Å².